The van der Waals surface area contributed by atoms with Crippen LogP contribution in [0.4, 0.5) is 0 Å². The molecule has 0 aliphatic heterocycles. The molecule has 1 aliphatic carbocycles. The lowest BCUT2D eigenvalue weighted by Crippen LogP contribution is -2.09. The average Bonchev–Trinajstić information content (AvgIpc) is 2.26. The quantitative estimate of drug-likeness (QED) is 0.557. The van der Waals surface area contributed by atoms with Gasteiger partial charge in [-0.2, -0.15) is 0 Å². The molecule has 0 bridgehead atoms. The molecule has 0 amide bonds. The third-order valence-corrected chi connectivity index (χ3v) is 1.54. The summed E-state index contributed by atoms with van der Waals surface area (Å²) in [6.45, 7) is 0. The summed E-state index contributed by atoms with van der Waals surface area (Å²) in [4.78, 5) is 11.9. The second kappa shape index (κ2) is 2.50. The van der Waals surface area contributed by atoms with E-state index in [9.17, 15) is 4.79 Å². The Morgan fingerprint density at radius 3 is 3.00 bits per heavy atom. The van der Waals surface area contributed by atoms with Crippen molar-refractivity contribution in [1.82, 2.24) is 0 Å². The molecule has 0 saturated heterocycles. The largest absolute Gasteiger partial charge is 0.294 e. The van der Waals surface area contributed by atoms with Crippen molar-refractivity contribution in [2.24, 2.45) is 0 Å². The van der Waals surface area contributed by atoms with E-state index < -0.39 is 24.9 Å². The molecule has 56 valence electrons. The van der Waals surface area contributed by atoms with E-state index >= 15 is 0 Å². The monoisotopic (exact) mass is 152 g/mol. The summed E-state index contributed by atoms with van der Waals surface area (Å²) in [5.74, 6) is -1.01. The second-order valence-electron chi connectivity index (χ2n) is 2.25. The average molecular weight is 152 g/mol. The first-order chi connectivity index (χ1) is 7.64. The topological polar surface area (TPSA) is 17.1 Å². The molecular formula is C10H10O. The smallest absolute Gasteiger partial charge is 0.163 e. The van der Waals surface area contributed by atoms with E-state index in [1.807, 2.05) is 0 Å². The van der Waals surface area contributed by atoms with Gasteiger partial charge in [-0.05, 0) is 18.3 Å². The second-order valence-corrected chi connectivity index (χ2v) is 2.25. The first-order valence-electron chi connectivity index (χ1n) is 6.28. The van der Waals surface area contributed by atoms with Crippen LogP contribution in [0.3, 0.4) is 0 Å². The molecule has 1 aromatic carbocycles. The van der Waals surface area contributed by atoms with Gasteiger partial charge in [0.1, 0.15) is 0 Å². The number of rotatable bonds is 0. The number of hydrogen-bond acceptors (Lipinski definition) is 1. The van der Waals surface area contributed by atoms with E-state index in [0.717, 1.165) is 0 Å². The summed E-state index contributed by atoms with van der Waals surface area (Å²) in [6, 6.07) is 5.65. The maximum Gasteiger partial charge on any atom is 0.163 e. The lowest BCUT2D eigenvalue weighted by Gasteiger charge is -2.12. The van der Waals surface area contributed by atoms with Crippen molar-refractivity contribution in [2.45, 2.75) is 19.1 Å². The fourth-order valence-corrected chi connectivity index (χ4v) is 1.01. The zero-order chi connectivity index (χ0) is 13.1. The van der Waals surface area contributed by atoms with E-state index in [0.29, 0.717) is 0 Å². The van der Waals surface area contributed by atoms with Crippen molar-refractivity contribution < 1.29 is 13.0 Å². The van der Waals surface area contributed by atoms with Crippen LogP contribution >= 0.6 is 0 Å². The predicted molar refractivity (Wildman–Crippen MR) is 43.7 cm³/mol. The maximum atomic E-state index is 11.9. The Bertz CT molecular complexity index is 493. The highest BCUT2D eigenvalue weighted by atomic mass is 16.1. The van der Waals surface area contributed by atoms with Crippen molar-refractivity contribution in [2.75, 3.05) is 0 Å². The molecule has 2 rings (SSSR count). The Balaban J connectivity index is 2.81. The van der Waals surface area contributed by atoms with Crippen LogP contribution in [0.15, 0.2) is 24.3 Å². The SMILES string of the molecule is [2H]C1([2H])C(=O)c2ccccc2C([2H])([2H])C1([2H])[2H]. The molecule has 11 heavy (non-hydrogen) atoms. The van der Waals surface area contributed by atoms with E-state index in [1.165, 1.54) is 24.3 Å². The molecule has 0 atom stereocenters. The third kappa shape index (κ3) is 1.07. The molecule has 0 heterocycles. The summed E-state index contributed by atoms with van der Waals surface area (Å²) < 4.78 is 45.7. The zero-order valence-electron chi connectivity index (χ0n) is 11.7. The summed E-state index contributed by atoms with van der Waals surface area (Å²) >= 11 is 0. The van der Waals surface area contributed by atoms with Crippen molar-refractivity contribution in [1.29, 1.82) is 0 Å². The number of benzene rings is 1. The Kier molecular flexibility index (Phi) is 0.622. The number of carbonyl (C=O) groups is 1. The van der Waals surface area contributed by atoms with Crippen LogP contribution in [0.2, 0.25) is 0 Å². The zero-order valence-corrected chi connectivity index (χ0v) is 5.72. The standard InChI is InChI=1S/C10H10O/c11-10-7-3-5-8-4-1-2-6-9(8)10/h1-2,4,6H,3,5,7H2/i3D2,5D2,7D2. The molecule has 0 radical (unpaired) electrons. The highest BCUT2D eigenvalue weighted by Gasteiger charge is 2.14. The minimum atomic E-state index is -2.90. The van der Waals surface area contributed by atoms with E-state index in [1.54, 1.807) is 0 Å². The van der Waals surface area contributed by atoms with Crippen LogP contribution in [0, 0.1) is 0 Å². The molecule has 1 heteroatoms. The molecule has 0 fully saturated rings. The van der Waals surface area contributed by atoms with Crippen LogP contribution in [0.5, 0.6) is 0 Å². The van der Waals surface area contributed by atoms with Gasteiger partial charge < -0.3 is 0 Å². The maximum absolute atomic E-state index is 11.9. The summed E-state index contributed by atoms with van der Waals surface area (Å²) in [5, 5.41) is 0. The van der Waals surface area contributed by atoms with Gasteiger partial charge in [0.15, 0.2) is 5.78 Å². The van der Waals surface area contributed by atoms with Crippen LogP contribution in [0.25, 0.3) is 0 Å². The molecular weight excluding hydrogens is 136 g/mol. The first-order valence-corrected chi connectivity index (χ1v) is 3.28. The van der Waals surface area contributed by atoms with Crippen molar-refractivity contribution >= 4 is 5.78 Å². The van der Waals surface area contributed by atoms with Gasteiger partial charge in [0.25, 0.3) is 0 Å². The van der Waals surface area contributed by atoms with Gasteiger partial charge in [0.05, 0.1) is 0 Å². The predicted octanol–water partition coefficient (Wildman–Crippen LogP) is 2.21. The molecule has 1 nitrogen and oxygen atoms in total. The van der Waals surface area contributed by atoms with Gasteiger partial charge >= 0.3 is 0 Å². The first kappa shape index (κ1) is 2.74. The molecule has 0 N–H and O–H groups in total. The molecule has 1 aliphatic rings. The van der Waals surface area contributed by atoms with E-state index in [-0.39, 0.29) is 11.1 Å². The van der Waals surface area contributed by atoms with Gasteiger partial charge in [0.2, 0.25) is 0 Å². The fraction of sp³-hybridized carbons (Fsp3) is 0.300. The Hall–Kier alpha value is -1.11. The fourth-order valence-electron chi connectivity index (χ4n) is 1.01. The van der Waals surface area contributed by atoms with Gasteiger partial charge in [-0.1, -0.05) is 24.3 Å². The summed E-state index contributed by atoms with van der Waals surface area (Å²) in [5.41, 5.74) is -0.178. The normalized spacial score (nSPS) is 38.0. The number of hydrogen-bond donors (Lipinski definition) is 0. The molecule has 0 aromatic heterocycles. The number of aryl methyl sites for hydroxylation is 1. The van der Waals surface area contributed by atoms with E-state index in [4.69, 9.17) is 8.22 Å². The Labute approximate surface area is 74.5 Å². The molecule has 0 saturated carbocycles. The minimum Gasteiger partial charge on any atom is -0.294 e. The molecule has 0 unspecified atom stereocenters. The Morgan fingerprint density at radius 1 is 1.27 bits per heavy atom. The highest BCUT2D eigenvalue weighted by molar-refractivity contribution is 5.98. The number of Topliss-reactive ketones (excluding diaryl/α,β-unsaturated/α-hetero) is 1. The lowest BCUT2D eigenvalue weighted by molar-refractivity contribution is 0.0972. The number of fused-ring (bicyclic) bond motifs is 1. The Morgan fingerprint density at radius 2 is 2.09 bits per heavy atom. The van der Waals surface area contributed by atoms with Crippen LogP contribution in [-0.2, 0) is 6.37 Å². The van der Waals surface area contributed by atoms with Crippen molar-refractivity contribution in [3.63, 3.8) is 0 Å². The lowest BCUT2D eigenvalue weighted by atomic mass is 9.91. The summed E-state index contributed by atoms with van der Waals surface area (Å²) in [7, 11) is 0. The van der Waals surface area contributed by atoms with Crippen molar-refractivity contribution in [3.05, 3.63) is 35.4 Å². The van der Waals surface area contributed by atoms with E-state index in [2.05, 4.69) is 0 Å². The van der Waals surface area contributed by atoms with Gasteiger partial charge in [0, 0.05) is 20.2 Å². The highest BCUT2D eigenvalue weighted by Crippen LogP contribution is 2.19. The van der Waals surface area contributed by atoms with Gasteiger partial charge in [-0.3, -0.25) is 4.79 Å². The number of ketones is 1. The third-order valence-electron chi connectivity index (χ3n) is 1.54. The van der Waals surface area contributed by atoms with Crippen molar-refractivity contribution in [3.8, 4) is 0 Å². The summed E-state index contributed by atoms with van der Waals surface area (Å²) in [6.07, 6.45) is -8.31. The van der Waals surface area contributed by atoms with Crippen LogP contribution < -0.4 is 0 Å². The van der Waals surface area contributed by atoms with Crippen LogP contribution in [-0.4, -0.2) is 5.78 Å². The van der Waals surface area contributed by atoms with Gasteiger partial charge in [-0.15, -0.1) is 0 Å². The van der Waals surface area contributed by atoms with Crippen LogP contribution in [0.1, 0.15) is 36.9 Å². The minimum absolute atomic E-state index is 0.0855. The molecule has 1 aromatic rings. The molecule has 0 spiro atoms. The van der Waals surface area contributed by atoms with Gasteiger partial charge in [-0.25, -0.2) is 0 Å². The number of carbonyl (C=O) groups excluding carboxylic acids is 1.